The van der Waals surface area contributed by atoms with E-state index in [-0.39, 0.29) is 5.69 Å². The third-order valence-electron chi connectivity index (χ3n) is 3.82. The standard InChI is InChI=1S/C12H14N6O4/c1-6-7-2-3-9(18(7)15-5-14-6)12(16-17-13)11(21)10(20)8(4-19)22-12/h2-3,5,8,10-11,19-21H,4H2,1H3/t8-,10-,11-,12+/m1/s1. The minimum absolute atomic E-state index is 0.244. The molecule has 2 aromatic rings. The highest BCUT2D eigenvalue weighted by molar-refractivity contribution is 5.53. The molecule has 22 heavy (non-hydrogen) atoms. The average molecular weight is 306 g/mol. The highest BCUT2D eigenvalue weighted by Gasteiger charge is 2.56. The molecule has 1 aliphatic rings. The summed E-state index contributed by atoms with van der Waals surface area (Å²) in [5, 5.41) is 37.2. The molecular formula is C12H14N6O4. The third kappa shape index (κ3) is 1.86. The smallest absolute Gasteiger partial charge is 0.217 e. The predicted molar refractivity (Wildman–Crippen MR) is 72.5 cm³/mol. The molecule has 1 saturated heterocycles. The molecule has 3 heterocycles. The van der Waals surface area contributed by atoms with Crippen LogP contribution in [0.4, 0.5) is 0 Å². The number of aromatic nitrogens is 3. The molecule has 0 aliphatic carbocycles. The molecule has 0 saturated carbocycles. The number of nitrogens with zero attached hydrogens (tertiary/aromatic N) is 6. The second kappa shape index (κ2) is 5.20. The molecule has 1 aliphatic heterocycles. The Morgan fingerprint density at radius 2 is 2.27 bits per heavy atom. The molecule has 0 unspecified atom stereocenters. The zero-order valence-electron chi connectivity index (χ0n) is 11.6. The van der Waals surface area contributed by atoms with Gasteiger partial charge in [0, 0.05) is 4.91 Å². The van der Waals surface area contributed by atoms with Gasteiger partial charge < -0.3 is 20.1 Å². The van der Waals surface area contributed by atoms with Crippen molar-refractivity contribution in [3.63, 3.8) is 0 Å². The number of ether oxygens (including phenoxy) is 1. The predicted octanol–water partition coefficient (Wildman–Crippen LogP) is -0.386. The fourth-order valence-corrected chi connectivity index (χ4v) is 2.69. The van der Waals surface area contributed by atoms with Crippen LogP contribution in [0.25, 0.3) is 16.0 Å². The van der Waals surface area contributed by atoms with Gasteiger partial charge in [-0.2, -0.15) is 5.10 Å². The van der Waals surface area contributed by atoms with Gasteiger partial charge in [-0.15, -0.1) is 0 Å². The lowest BCUT2D eigenvalue weighted by Crippen LogP contribution is -2.40. The van der Waals surface area contributed by atoms with Gasteiger partial charge in [0.2, 0.25) is 5.72 Å². The maximum Gasteiger partial charge on any atom is 0.217 e. The Balaban J connectivity index is 2.24. The molecule has 0 bridgehead atoms. The lowest BCUT2D eigenvalue weighted by molar-refractivity contribution is -0.0970. The molecule has 10 nitrogen and oxygen atoms in total. The van der Waals surface area contributed by atoms with Crippen molar-refractivity contribution < 1.29 is 20.1 Å². The van der Waals surface area contributed by atoms with Crippen LogP contribution in [0.3, 0.4) is 0 Å². The molecule has 3 N–H and O–H groups in total. The number of azide groups is 1. The number of aryl methyl sites for hydroxylation is 1. The fourth-order valence-electron chi connectivity index (χ4n) is 2.69. The topological polar surface area (TPSA) is 149 Å². The van der Waals surface area contributed by atoms with Crippen molar-refractivity contribution in [3.8, 4) is 0 Å². The van der Waals surface area contributed by atoms with Crippen molar-refractivity contribution in [1.82, 2.24) is 14.6 Å². The summed E-state index contributed by atoms with van der Waals surface area (Å²) in [4.78, 5) is 6.77. The SMILES string of the molecule is Cc1ncnn2c([C@]3(N=[N+]=[N-])O[C@H](CO)[C@@H](O)[C@H]3O)ccc12. The van der Waals surface area contributed by atoms with Crippen LogP contribution in [0.5, 0.6) is 0 Å². The first-order chi connectivity index (χ1) is 10.5. The maximum absolute atomic E-state index is 10.3. The molecular weight excluding hydrogens is 292 g/mol. The normalized spacial score (nSPS) is 31.4. The van der Waals surface area contributed by atoms with Gasteiger partial charge in [-0.25, -0.2) is 9.50 Å². The summed E-state index contributed by atoms with van der Waals surface area (Å²) in [6.07, 6.45) is -2.71. The Kier molecular flexibility index (Phi) is 3.47. The monoisotopic (exact) mass is 306 g/mol. The average Bonchev–Trinajstić information content (AvgIpc) is 3.04. The van der Waals surface area contributed by atoms with Crippen LogP contribution in [-0.2, 0) is 10.5 Å². The first-order valence-corrected chi connectivity index (χ1v) is 6.56. The van der Waals surface area contributed by atoms with Gasteiger partial charge in [-0.1, -0.05) is 0 Å². The zero-order valence-corrected chi connectivity index (χ0v) is 11.6. The van der Waals surface area contributed by atoms with Gasteiger partial charge in [-0.05, 0) is 29.7 Å². The van der Waals surface area contributed by atoms with E-state index in [1.54, 1.807) is 19.1 Å². The van der Waals surface area contributed by atoms with Crippen LogP contribution in [-0.4, -0.2) is 54.8 Å². The summed E-state index contributed by atoms with van der Waals surface area (Å²) in [5.41, 5.74) is 8.55. The van der Waals surface area contributed by atoms with Crippen LogP contribution in [0, 0.1) is 6.92 Å². The van der Waals surface area contributed by atoms with Gasteiger partial charge in [0.15, 0.2) is 0 Å². The third-order valence-corrected chi connectivity index (χ3v) is 3.82. The largest absolute Gasteiger partial charge is 0.394 e. The minimum atomic E-state index is -1.88. The van der Waals surface area contributed by atoms with E-state index in [0.717, 1.165) is 0 Å². The molecule has 116 valence electrons. The second-order valence-electron chi connectivity index (χ2n) is 5.02. The lowest BCUT2D eigenvalue weighted by Gasteiger charge is -2.26. The first kappa shape index (κ1) is 14.7. The van der Waals surface area contributed by atoms with Crippen LogP contribution in [0.1, 0.15) is 11.4 Å². The number of aliphatic hydroxyl groups excluding tert-OH is 3. The Labute approximate surface area is 124 Å². The van der Waals surface area contributed by atoms with E-state index >= 15 is 0 Å². The van der Waals surface area contributed by atoms with Crippen molar-refractivity contribution in [1.29, 1.82) is 0 Å². The Hall–Kier alpha value is -2.23. The van der Waals surface area contributed by atoms with Crippen molar-refractivity contribution in [2.45, 2.75) is 31.0 Å². The van der Waals surface area contributed by atoms with Crippen LogP contribution in [0.2, 0.25) is 0 Å². The number of hydrogen-bond donors (Lipinski definition) is 3. The van der Waals surface area contributed by atoms with Crippen molar-refractivity contribution >= 4 is 5.52 Å². The second-order valence-corrected chi connectivity index (χ2v) is 5.02. The molecule has 3 rings (SSSR count). The van der Waals surface area contributed by atoms with Gasteiger partial charge >= 0.3 is 0 Å². The summed E-state index contributed by atoms with van der Waals surface area (Å²) in [7, 11) is 0. The van der Waals surface area contributed by atoms with E-state index in [2.05, 4.69) is 20.1 Å². The van der Waals surface area contributed by atoms with Crippen LogP contribution >= 0.6 is 0 Å². The van der Waals surface area contributed by atoms with E-state index in [1.807, 2.05) is 0 Å². The maximum atomic E-state index is 10.3. The molecule has 0 spiro atoms. The molecule has 0 amide bonds. The highest BCUT2D eigenvalue weighted by atomic mass is 16.6. The van der Waals surface area contributed by atoms with Gasteiger partial charge in [0.1, 0.15) is 24.6 Å². The van der Waals surface area contributed by atoms with Crippen molar-refractivity contribution in [3.05, 3.63) is 40.3 Å². The fraction of sp³-hybridized carbons (Fsp3) is 0.500. The number of rotatable bonds is 3. The van der Waals surface area contributed by atoms with Crippen LogP contribution in [0.15, 0.2) is 23.6 Å². The van der Waals surface area contributed by atoms with E-state index in [0.29, 0.717) is 11.2 Å². The van der Waals surface area contributed by atoms with Crippen LogP contribution < -0.4 is 0 Å². The molecule has 0 radical (unpaired) electrons. The summed E-state index contributed by atoms with van der Waals surface area (Å²) in [6.45, 7) is 1.25. The molecule has 4 atom stereocenters. The Bertz CT molecular complexity index is 757. The van der Waals surface area contributed by atoms with E-state index < -0.39 is 30.6 Å². The Morgan fingerprint density at radius 1 is 1.50 bits per heavy atom. The van der Waals surface area contributed by atoms with Gasteiger partial charge in [0.05, 0.1) is 23.5 Å². The van der Waals surface area contributed by atoms with E-state index in [9.17, 15) is 15.3 Å². The van der Waals surface area contributed by atoms with Gasteiger partial charge in [-0.3, -0.25) is 0 Å². The number of aliphatic hydroxyl groups is 3. The lowest BCUT2D eigenvalue weighted by atomic mass is 10.0. The molecule has 2 aromatic heterocycles. The minimum Gasteiger partial charge on any atom is -0.394 e. The summed E-state index contributed by atoms with van der Waals surface area (Å²) in [6, 6.07) is 3.26. The van der Waals surface area contributed by atoms with Crippen molar-refractivity contribution in [2.24, 2.45) is 5.11 Å². The van der Waals surface area contributed by atoms with Crippen molar-refractivity contribution in [2.75, 3.05) is 6.61 Å². The van der Waals surface area contributed by atoms with E-state index in [1.165, 1.54) is 10.8 Å². The number of fused-ring (bicyclic) bond motifs is 1. The van der Waals surface area contributed by atoms with Gasteiger partial charge in [0.25, 0.3) is 0 Å². The first-order valence-electron chi connectivity index (χ1n) is 6.56. The summed E-state index contributed by atoms with van der Waals surface area (Å²) < 4.78 is 6.93. The van der Waals surface area contributed by atoms with E-state index in [4.69, 9.17) is 10.3 Å². The zero-order chi connectivity index (χ0) is 15.9. The molecule has 0 aromatic carbocycles. The molecule has 1 fully saturated rings. The quantitative estimate of drug-likeness (QED) is 0.399. The number of hydrogen-bond acceptors (Lipinski definition) is 7. The highest BCUT2D eigenvalue weighted by Crippen LogP contribution is 2.41. The summed E-state index contributed by atoms with van der Waals surface area (Å²) in [5.74, 6) is 0. The molecule has 10 heteroatoms. The Morgan fingerprint density at radius 3 is 2.91 bits per heavy atom. The summed E-state index contributed by atoms with van der Waals surface area (Å²) >= 11 is 0.